The Kier molecular flexibility index (Phi) is 3.92. The zero-order valence-corrected chi connectivity index (χ0v) is 11.7. The maximum Gasteiger partial charge on any atom is 0.208 e. The van der Waals surface area contributed by atoms with E-state index in [1.807, 2.05) is 54.6 Å². The van der Waals surface area contributed by atoms with Gasteiger partial charge in [-0.05, 0) is 36.4 Å². The number of para-hydroxylation sites is 1. The van der Waals surface area contributed by atoms with Gasteiger partial charge in [0.1, 0.15) is 11.5 Å². The lowest BCUT2D eigenvalue weighted by Gasteiger charge is -2.25. The van der Waals surface area contributed by atoms with Crippen LogP contribution in [0.15, 0.2) is 54.6 Å². The molecule has 0 N–H and O–H groups in total. The molecular weight excluding hydrogens is 276 g/mol. The van der Waals surface area contributed by atoms with Gasteiger partial charge in [-0.15, -0.1) is 11.6 Å². The van der Waals surface area contributed by atoms with Crippen LogP contribution in [0.3, 0.4) is 0 Å². The van der Waals surface area contributed by atoms with Gasteiger partial charge < -0.3 is 14.2 Å². The Morgan fingerprint density at radius 3 is 2.10 bits per heavy atom. The van der Waals surface area contributed by atoms with Crippen LogP contribution in [0.5, 0.6) is 11.5 Å². The fraction of sp³-hybridized carbons (Fsp3) is 0.250. The minimum atomic E-state index is -0.813. The largest absolute Gasteiger partial charge is 0.457 e. The Morgan fingerprint density at radius 2 is 1.50 bits per heavy atom. The SMILES string of the molecule is ClCC1(c2ccc(Oc3ccccc3)cc2)OCCO1. The first-order valence-electron chi connectivity index (χ1n) is 6.50. The van der Waals surface area contributed by atoms with Crippen molar-refractivity contribution in [2.45, 2.75) is 5.79 Å². The minimum absolute atomic E-state index is 0.270. The summed E-state index contributed by atoms with van der Waals surface area (Å²) in [6, 6.07) is 17.3. The van der Waals surface area contributed by atoms with E-state index in [2.05, 4.69) is 0 Å². The van der Waals surface area contributed by atoms with Crippen molar-refractivity contribution < 1.29 is 14.2 Å². The summed E-state index contributed by atoms with van der Waals surface area (Å²) in [6.07, 6.45) is 0. The summed E-state index contributed by atoms with van der Waals surface area (Å²) < 4.78 is 17.0. The molecule has 3 nitrogen and oxygen atoms in total. The van der Waals surface area contributed by atoms with Crippen LogP contribution in [0.1, 0.15) is 5.56 Å². The molecule has 0 bridgehead atoms. The zero-order chi connectivity index (χ0) is 13.8. The van der Waals surface area contributed by atoms with Crippen molar-refractivity contribution >= 4 is 11.6 Å². The topological polar surface area (TPSA) is 27.7 Å². The molecule has 0 radical (unpaired) electrons. The molecular formula is C16H15ClO3. The molecule has 1 heterocycles. The van der Waals surface area contributed by atoms with Crippen LogP contribution in [0.25, 0.3) is 0 Å². The summed E-state index contributed by atoms with van der Waals surface area (Å²) >= 11 is 5.99. The molecule has 20 heavy (non-hydrogen) atoms. The quantitative estimate of drug-likeness (QED) is 0.799. The zero-order valence-electron chi connectivity index (χ0n) is 10.9. The molecule has 104 valence electrons. The smallest absolute Gasteiger partial charge is 0.208 e. The van der Waals surface area contributed by atoms with Gasteiger partial charge in [-0.2, -0.15) is 0 Å². The lowest BCUT2D eigenvalue weighted by molar-refractivity contribution is -0.146. The van der Waals surface area contributed by atoms with Gasteiger partial charge in [0.2, 0.25) is 5.79 Å². The first-order valence-corrected chi connectivity index (χ1v) is 7.03. The molecule has 1 saturated heterocycles. The molecule has 0 saturated carbocycles. The van der Waals surface area contributed by atoms with Gasteiger partial charge in [-0.3, -0.25) is 0 Å². The summed E-state index contributed by atoms with van der Waals surface area (Å²) in [6.45, 7) is 1.13. The van der Waals surface area contributed by atoms with E-state index >= 15 is 0 Å². The van der Waals surface area contributed by atoms with Gasteiger partial charge in [-0.1, -0.05) is 18.2 Å². The summed E-state index contributed by atoms with van der Waals surface area (Å²) in [7, 11) is 0. The van der Waals surface area contributed by atoms with Gasteiger partial charge in [0.05, 0.1) is 19.1 Å². The molecule has 1 fully saturated rings. The van der Waals surface area contributed by atoms with Crippen LogP contribution in [0.2, 0.25) is 0 Å². The Hall–Kier alpha value is -1.55. The van der Waals surface area contributed by atoms with Crippen molar-refractivity contribution in [2.24, 2.45) is 0 Å². The molecule has 0 atom stereocenters. The fourth-order valence-corrected chi connectivity index (χ4v) is 2.49. The lowest BCUT2D eigenvalue weighted by atomic mass is 10.1. The number of hydrogen-bond donors (Lipinski definition) is 0. The second-order valence-corrected chi connectivity index (χ2v) is 4.79. The average Bonchev–Trinajstić information content (AvgIpc) is 2.99. The van der Waals surface area contributed by atoms with E-state index in [9.17, 15) is 0 Å². The summed E-state index contributed by atoms with van der Waals surface area (Å²) in [5.74, 6) is 1.03. The van der Waals surface area contributed by atoms with Gasteiger partial charge in [0, 0.05) is 5.56 Å². The highest BCUT2D eigenvalue weighted by Gasteiger charge is 2.37. The van der Waals surface area contributed by atoms with Gasteiger partial charge in [0.15, 0.2) is 0 Å². The standard InChI is InChI=1S/C16H15ClO3/c17-12-16(18-10-11-19-16)13-6-8-15(9-7-13)20-14-4-2-1-3-5-14/h1-9H,10-12H2. The molecule has 0 unspecified atom stereocenters. The molecule has 0 aliphatic carbocycles. The summed E-state index contributed by atoms with van der Waals surface area (Å²) in [5.41, 5.74) is 0.908. The molecule has 0 amide bonds. The molecule has 1 aliphatic heterocycles. The van der Waals surface area contributed by atoms with Gasteiger partial charge >= 0.3 is 0 Å². The lowest BCUT2D eigenvalue weighted by Crippen LogP contribution is -2.29. The number of hydrogen-bond acceptors (Lipinski definition) is 3. The minimum Gasteiger partial charge on any atom is -0.457 e. The van der Waals surface area contributed by atoms with Crippen LogP contribution in [-0.2, 0) is 15.3 Å². The van der Waals surface area contributed by atoms with Gasteiger partial charge in [-0.25, -0.2) is 0 Å². The summed E-state index contributed by atoms with van der Waals surface area (Å²) in [4.78, 5) is 0. The average molecular weight is 291 g/mol. The van der Waals surface area contributed by atoms with E-state index in [1.54, 1.807) is 0 Å². The molecule has 1 aliphatic rings. The van der Waals surface area contributed by atoms with E-state index in [0.29, 0.717) is 13.2 Å². The molecule has 2 aromatic carbocycles. The number of alkyl halides is 1. The first-order chi connectivity index (χ1) is 9.82. The van der Waals surface area contributed by atoms with Crippen molar-refractivity contribution in [3.63, 3.8) is 0 Å². The predicted molar refractivity (Wildman–Crippen MR) is 77.3 cm³/mol. The second-order valence-electron chi connectivity index (χ2n) is 4.52. The molecule has 2 aromatic rings. The Bertz CT molecular complexity index is 548. The van der Waals surface area contributed by atoms with Gasteiger partial charge in [0.25, 0.3) is 0 Å². The van der Waals surface area contributed by atoms with Crippen molar-refractivity contribution in [2.75, 3.05) is 19.1 Å². The van der Waals surface area contributed by atoms with Crippen LogP contribution in [0, 0.1) is 0 Å². The molecule has 0 spiro atoms. The fourth-order valence-electron chi connectivity index (χ4n) is 2.18. The van der Waals surface area contributed by atoms with Crippen LogP contribution in [-0.4, -0.2) is 19.1 Å². The van der Waals surface area contributed by atoms with E-state index in [4.69, 9.17) is 25.8 Å². The Balaban J connectivity index is 1.78. The third kappa shape index (κ3) is 2.66. The van der Waals surface area contributed by atoms with Crippen LogP contribution in [0.4, 0.5) is 0 Å². The highest BCUT2D eigenvalue weighted by Crippen LogP contribution is 2.34. The van der Waals surface area contributed by atoms with Crippen molar-refractivity contribution in [3.8, 4) is 11.5 Å². The van der Waals surface area contributed by atoms with Crippen molar-refractivity contribution in [1.82, 2.24) is 0 Å². The van der Waals surface area contributed by atoms with E-state index in [1.165, 1.54) is 0 Å². The maximum atomic E-state index is 5.99. The van der Waals surface area contributed by atoms with E-state index in [0.717, 1.165) is 17.1 Å². The number of ether oxygens (including phenoxy) is 3. The molecule has 0 aromatic heterocycles. The second kappa shape index (κ2) is 5.83. The molecule has 3 rings (SSSR count). The van der Waals surface area contributed by atoms with E-state index < -0.39 is 5.79 Å². The maximum absolute atomic E-state index is 5.99. The highest BCUT2D eigenvalue weighted by molar-refractivity contribution is 6.18. The molecule has 4 heteroatoms. The normalized spacial score (nSPS) is 17.1. The third-order valence-corrected chi connectivity index (χ3v) is 3.55. The number of rotatable bonds is 4. The number of halogens is 1. The first kappa shape index (κ1) is 13.4. The predicted octanol–water partition coefficient (Wildman–Crippen LogP) is 3.92. The third-order valence-electron chi connectivity index (χ3n) is 3.20. The van der Waals surface area contributed by atoms with Crippen molar-refractivity contribution in [3.05, 3.63) is 60.2 Å². The van der Waals surface area contributed by atoms with Crippen LogP contribution >= 0.6 is 11.6 Å². The monoisotopic (exact) mass is 290 g/mol. The number of benzene rings is 2. The highest BCUT2D eigenvalue weighted by atomic mass is 35.5. The Morgan fingerprint density at radius 1 is 0.900 bits per heavy atom. The van der Waals surface area contributed by atoms with Crippen molar-refractivity contribution in [1.29, 1.82) is 0 Å². The summed E-state index contributed by atoms with van der Waals surface area (Å²) in [5, 5.41) is 0. The van der Waals surface area contributed by atoms with E-state index in [-0.39, 0.29) is 5.88 Å². The van der Waals surface area contributed by atoms with Crippen LogP contribution < -0.4 is 4.74 Å². The Labute approximate surface area is 123 Å².